The number of amides is 1. The highest BCUT2D eigenvalue weighted by Gasteiger charge is 2.44. The molecule has 7 heteroatoms. The van der Waals surface area contributed by atoms with Crippen LogP contribution in [-0.2, 0) is 30.3 Å². The molecule has 3 saturated heterocycles. The minimum Gasteiger partial charge on any atom is -0.445 e. The molecule has 2 unspecified atom stereocenters. The number of ether oxygens (including phenoxy) is 4. The number of piperidine rings is 1. The summed E-state index contributed by atoms with van der Waals surface area (Å²) < 4.78 is 21.9. The molecule has 4 rings (SSSR count). The third kappa shape index (κ3) is 4.31. The molecule has 0 aromatic heterocycles. The maximum Gasteiger partial charge on any atom is 0.410 e. The van der Waals surface area contributed by atoms with Gasteiger partial charge in [-0.3, -0.25) is 9.69 Å². The maximum absolute atomic E-state index is 12.7. The average Bonchev–Trinajstić information content (AvgIpc) is 3.19. The predicted molar refractivity (Wildman–Crippen MR) is 94.9 cm³/mol. The Hall–Kier alpha value is -1.96. The van der Waals surface area contributed by atoms with Gasteiger partial charge in [-0.25, -0.2) is 4.79 Å². The molecular formula is C20H25NO6. The van der Waals surface area contributed by atoms with Gasteiger partial charge in [0.25, 0.3) is 0 Å². The van der Waals surface area contributed by atoms with E-state index in [1.807, 2.05) is 30.3 Å². The van der Waals surface area contributed by atoms with Gasteiger partial charge in [-0.1, -0.05) is 30.3 Å². The van der Waals surface area contributed by atoms with E-state index in [1.54, 1.807) is 4.90 Å². The van der Waals surface area contributed by atoms with Crippen LogP contribution < -0.4 is 0 Å². The van der Waals surface area contributed by atoms with Crippen molar-refractivity contribution in [2.45, 2.75) is 44.2 Å². The Balaban J connectivity index is 1.35. The highest BCUT2D eigenvalue weighted by atomic mass is 16.7. The summed E-state index contributed by atoms with van der Waals surface area (Å²) in [5, 5.41) is 0. The van der Waals surface area contributed by atoms with Crippen LogP contribution in [0.4, 0.5) is 4.79 Å². The van der Waals surface area contributed by atoms with Gasteiger partial charge in [0.15, 0.2) is 6.29 Å². The molecule has 1 amide bonds. The number of fused-ring (bicyclic) bond motifs is 2. The molecule has 2 atom stereocenters. The molecule has 0 spiro atoms. The minimum absolute atomic E-state index is 0.0881. The van der Waals surface area contributed by atoms with Crippen LogP contribution in [0.15, 0.2) is 30.3 Å². The van der Waals surface area contributed by atoms with Crippen molar-refractivity contribution in [3.8, 4) is 0 Å². The fourth-order valence-corrected chi connectivity index (χ4v) is 4.13. The fraction of sp³-hybridized carbons (Fsp3) is 0.600. The van der Waals surface area contributed by atoms with Crippen molar-refractivity contribution in [2.24, 2.45) is 5.92 Å². The van der Waals surface area contributed by atoms with E-state index in [-0.39, 0.29) is 42.9 Å². The number of Topliss-reactive ketones (excluding diaryl/α,β-unsaturated/α-hetero) is 1. The highest BCUT2D eigenvalue weighted by molar-refractivity contribution is 5.82. The van der Waals surface area contributed by atoms with Gasteiger partial charge in [-0.2, -0.15) is 0 Å². The zero-order valence-electron chi connectivity index (χ0n) is 15.2. The summed E-state index contributed by atoms with van der Waals surface area (Å²) in [5.41, 5.74) is 0.953. The monoisotopic (exact) mass is 375 g/mol. The number of hydrogen-bond donors (Lipinski definition) is 0. The van der Waals surface area contributed by atoms with Gasteiger partial charge < -0.3 is 18.9 Å². The Morgan fingerprint density at radius 3 is 2.37 bits per heavy atom. The quantitative estimate of drug-likeness (QED) is 0.785. The summed E-state index contributed by atoms with van der Waals surface area (Å²) >= 11 is 0. The number of benzene rings is 1. The van der Waals surface area contributed by atoms with Crippen molar-refractivity contribution in [3.05, 3.63) is 35.9 Å². The number of nitrogens with zero attached hydrogens (tertiary/aromatic N) is 1. The van der Waals surface area contributed by atoms with Crippen molar-refractivity contribution in [1.29, 1.82) is 0 Å². The summed E-state index contributed by atoms with van der Waals surface area (Å²) in [6, 6.07) is 9.36. The first-order valence-electron chi connectivity index (χ1n) is 9.53. The number of morpholine rings is 1. The van der Waals surface area contributed by atoms with Gasteiger partial charge in [0.05, 0.1) is 44.9 Å². The lowest BCUT2D eigenvalue weighted by Gasteiger charge is -2.47. The van der Waals surface area contributed by atoms with Gasteiger partial charge in [0.1, 0.15) is 12.4 Å². The minimum atomic E-state index is -0.414. The molecule has 1 aromatic carbocycles. The van der Waals surface area contributed by atoms with Crippen LogP contribution in [0.5, 0.6) is 0 Å². The molecule has 0 N–H and O–H groups in total. The molecule has 7 nitrogen and oxygen atoms in total. The molecule has 3 aliphatic rings. The normalized spacial score (nSPS) is 28.1. The van der Waals surface area contributed by atoms with Crippen molar-refractivity contribution < 1.29 is 28.5 Å². The molecule has 1 aromatic rings. The smallest absolute Gasteiger partial charge is 0.410 e. The molecular weight excluding hydrogens is 350 g/mol. The molecule has 0 radical (unpaired) electrons. The van der Waals surface area contributed by atoms with Crippen LogP contribution in [0.25, 0.3) is 0 Å². The van der Waals surface area contributed by atoms with E-state index in [1.165, 1.54) is 0 Å². The first kappa shape index (κ1) is 18.4. The Kier molecular flexibility index (Phi) is 5.71. The lowest BCUT2D eigenvalue weighted by molar-refractivity contribution is -0.138. The standard InChI is InChI=1S/C20H25NO6/c22-18(10-19-25-6-7-26-19)15-8-16-12-24-13-17(9-15)21(16)20(23)27-11-14-4-2-1-3-5-14/h1-5,15-17,19H,6-13H2. The van der Waals surface area contributed by atoms with Crippen LogP contribution in [0.1, 0.15) is 24.8 Å². The lowest BCUT2D eigenvalue weighted by Crippen LogP contribution is -2.60. The Morgan fingerprint density at radius 1 is 1.04 bits per heavy atom. The van der Waals surface area contributed by atoms with Crippen molar-refractivity contribution in [2.75, 3.05) is 26.4 Å². The van der Waals surface area contributed by atoms with Crippen molar-refractivity contribution in [1.82, 2.24) is 4.90 Å². The third-order valence-electron chi connectivity index (χ3n) is 5.45. The fourth-order valence-electron chi connectivity index (χ4n) is 4.13. The van der Waals surface area contributed by atoms with E-state index in [9.17, 15) is 9.59 Å². The van der Waals surface area contributed by atoms with Gasteiger partial charge >= 0.3 is 6.09 Å². The molecule has 146 valence electrons. The van der Waals surface area contributed by atoms with E-state index in [0.717, 1.165) is 5.56 Å². The van der Waals surface area contributed by atoms with E-state index < -0.39 is 6.29 Å². The van der Waals surface area contributed by atoms with Crippen molar-refractivity contribution >= 4 is 11.9 Å². The Bertz CT molecular complexity index is 646. The second kappa shape index (κ2) is 8.37. The molecule has 3 fully saturated rings. The average molecular weight is 375 g/mol. The second-order valence-corrected chi connectivity index (χ2v) is 7.30. The largest absolute Gasteiger partial charge is 0.445 e. The van der Waals surface area contributed by atoms with E-state index >= 15 is 0 Å². The molecule has 3 heterocycles. The molecule has 0 aliphatic carbocycles. The van der Waals surface area contributed by atoms with E-state index in [4.69, 9.17) is 18.9 Å². The van der Waals surface area contributed by atoms with Crippen LogP contribution >= 0.6 is 0 Å². The topological polar surface area (TPSA) is 74.3 Å². The van der Waals surface area contributed by atoms with Crippen LogP contribution in [0.2, 0.25) is 0 Å². The highest BCUT2D eigenvalue weighted by Crippen LogP contribution is 2.34. The SMILES string of the molecule is O=C(CC1OCCO1)C1CC2COCC(C1)N2C(=O)OCc1ccccc1. The van der Waals surface area contributed by atoms with Crippen LogP contribution in [0, 0.1) is 5.92 Å². The first-order chi connectivity index (χ1) is 13.2. The molecule has 3 aliphatic heterocycles. The van der Waals surface area contributed by atoms with Gasteiger partial charge in [0.2, 0.25) is 0 Å². The van der Waals surface area contributed by atoms with Gasteiger partial charge in [-0.15, -0.1) is 0 Å². The number of ketones is 1. The summed E-state index contributed by atoms with van der Waals surface area (Å²) in [6.45, 7) is 2.22. The van der Waals surface area contributed by atoms with Gasteiger partial charge in [0, 0.05) is 5.92 Å². The summed E-state index contributed by atoms with van der Waals surface area (Å²) in [7, 11) is 0. The van der Waals surface area contributed by atoms with Crippen LogP contribution in [0.3, 0.4) is 0 Å². The number of carbonyl (C=O) groups is 2. The summed E-state index contributed by atoms with van der Waals surface area (Å²) in [5.74, 6) is 0.0611. The zero-order valence-corrected chi connectivity index (χ0v) is 15.2. The predicted octanol–water partition coefficient (Wildman–Crippen LogP) is 2.13. The molecule has 0 saturated carbocycles. The number of carbonyl (C=O) groups excluding carboxylic acids is 2. The lowest BCUT2D eigenvalue weighted by atomic mass is 9.82. The third-order valence-corrected chi connectivity index (χ3v) is 5.45. The zero-order chi connectivity index (χ0) is 18.6. The first-order valence-corrected chi connectivity index (χ1v) is 9.53. The Labute approximate surface area is 158 Å². The summed E-state index contributed by atoms with van der Waals surface area (Å²) in [4.78, 5) is 27.1. The van der Waals surface area contributed by atoms with Gasteiger partial charge in [-0.05, 0) is 18.4 Å². The maximum atomic E-state index is 12.7. The summed E-state index contributed by atoms with van der Waals surface area (Å²) in [6.07, 6.45) is 0.738. The second-order valence-electron chi connectivity index (χ2n) is 7.30. The van der Waals surface area contributed by atoms with Crippen LogP contribution in [-0.4, -0.2) is 61.6 Å². The Morgan fingerprint density at radius 2 is 1.70 bits per heavy atom. The van der Waals surface area contributed by atoms with E-state index in [2.05, 4.69) is 0 Å². The molecule has 27 heavy (non-hydrogen) atoms. The molecule has 2 bridgehead atoms. The van der Waals surface area contributed by atoms with E-state index in [0.29, 0.717) is 39.3 Å². The number of rotatable bonds is 5. The van der Waals surface area contributed by atoms with Crippen molar-refractivity contribution in [3.63, 3.8) is 0 Å². The number of hydrogen-bond acceptors (Lipinski definition) is 6.